The second-order valence-corrected chi connectivity index (χ2v) is 16.4. The molecule has 7 rings (SSSR count). The maximum atomic E-state index is 12.9. The fourth-order valence-corrected chi connectivity index (χ4v) is 11.0. The third-order valence-electron chi connectivity index (χ3n) is 13.0. The topological polar surface area (TPSA) is 113 Å². The monoisotopic (exact) mass is 721 g/mol. The van der Waals surface area contributed by atoms with Crippen molar-refractivity contribution in [2.24, 2.45) is 34.5 Å². The summed E-state index contributed by atoms with van der Waals surface area (Å²) in [4.78, 5) is 36.1. The van der Waals surface area contributed by atoms with Gasteiger partial charge in [0.15, 0.2) is 12.4 Å². The van der Waals surface area contributed by atoms with Crippen LogP contribution in [0.25, 0.3) is 0 Å². The number of aliphatic hydroxyl groups is 2. The number of ketones is 2. The Bertz CT molecular complexity index is 1740. The Morgan fingerprint density at radius 1 is 1.04 bits per heavy atom. The van der Waals surface area contributed by atoms with E-state index in [4.69, 9.17) is 27.9 Å². The molecular weight excluding hydrogens is 673 g/mol. The summed E-state index contributed by atoms with van der Waals surface area (Å²) in [5, 5.41) is 27.5. The largest absolute Gasteiger partial charge is 0.458 e. The number of ether oxygens (including phenoxy) is 1. The van der Waals surface area contributed by atoms with E-state index in [1.807, 2.05) is 32.2 Å². The molecule has 0 aliphatic heterocycles. The number of allylic oxidation sites excluding steroid dienone is 4. The van der Waals surface area contributed by atoms with Gasteiger partial charge in [0.05, 0.1) is 16.1 Å². The van der Waals surface area contributed by atoms with Crippen LogP contribution >= 0.6 is 23.2 Å². The van der Waals surface area contributed by atoms with Crippen molar-refractivity contribution in [1.29, 1.82) is 0 Å². The van der Waals surface area contributed by atoms with Crippen LogP contribution in [0.15, 0.2) is 66.3 Å². The molecule has 5 aliphatic carbocycles. The molecule has 3 N–H and O–H groups in total. The standard InChI is InChI=1S/C24H32O6.C17H17Cl2N/c1-13-9-16-17-6-8-24(29,20(28)12-30-14(2)25)23(17,4)11-19(27)21(16)22(3)7-5-15(26)10-18(13)22;1-20-17-9-7-12(13-4-2-3-5-14(13)17)11-6-8-15(18)16(19)10-11/h5,7,10,13,16-17,19,21,27,29H,6,8-9,11-12H2,1-4H3;2-6,8,10,12,17,20H,7,9H2,1H3/t13-,16-,17-,19-,21+,22-,23-,24-;12-,17-/m00/s1. The quantitative estimate of drug-likeness (QED) is 0.273. The Morgan fingerprint density at radius 2 is 1.76 bits per heavy atom. The van der Waals surface area contributed by atoms with Crippen molar-refractivity contribution in [3.63, 3.8) is 0 Å². The van der Waals surface area contributed by atoms with Gasteiger partial charge in [-0.25, -0.2) is 0 Å². The summed E-state index contributed by atoms with van der Waals surface area (Å²) in [5.74, 6) is -0.305. The molecule has 0 amide bonds. The predicted molar refractivity (Wildman–Crippen MR) is 195 cm³/mol. The summed E-state index contributed by atoms with van der Waals surface area (Å²) in [6.45, 7) is 6.94. The van der Waals surface area contributed by atoms with E-state index in [-0.39, 0.29) is 29.5 Å². The minimum Gasteiger partial charge on any atom is -0.458 e. The number of fused-ring (bicyclic) bond motifs is 6. The Labute approximate surface area is 305 Å². The molecule has 0 heterocycles. The molecule has 0 unspecified atom stereocenters. The third-order valence-corrected chi connectivity index (χ3v) is 13.8. The lowest BCUT2D eigenvalue weighted by Crippen LogP contribution is -2.62. The number of rotatable bonds is 5. The Balaban J connectivity index is 0.000000187. The molecule has 3 saturated carbocycles. The minimum atomic E-state index is -1.61. The molecule has 10 atom stereocenters. The summed E-state index contributed by atoms with van der Waals surface area (Å²) in [6, 6.07) is 15.1. The maximum Gasteiger partial charge on any atom is 0.303 e. The van der Waals surface area contributed by atoms with Crippen molar-refractivity contribution in [3.05, 3.63) is 93.0 Å². The number of aliphatic hydroxyl groups excluding tert-OH is 1. The normalized spacial score (nSPS) is 36.9. The Morgan fingerprint density at radius 3 is 2.44 bits per heavy atom. The molecule has 268 valence electrons. The van der Waals surface area contributed by atoms with Gasteiger partial charge in [-0.05, 0) is 104 Å². The molecule has 2 aromatic rings. The SMILES string of the molecule is CC(=O)OCC(=O)[C@@]1(O)CC[C@H]2[C@@H]3C[C@H](C)C4=CC(=O)C=C[C@]4(C)[C@H]3[C@@H](O)C[C@@]21C.CN[C@H]1CC[C@@H](c2ccc(Cl)c(Cl)c2)c2ccccc21. The van der Waals surface area contributed by atoms with Crippen LogP contribution in [0, 0.1) is 34.5 Å². The maximum absolute atomic E-state index is 12.9. The summed E-state index contributed by atoms with van der Waals surface area (Å²) in [5.41, 5.74) is 2.33. The van der Waals surface area contributed by atoms with Gasteiger partial charge in [-0.3, -0.25) is 14.4 Å². The minimum absolute atomic E-state index is 0.00535. The van der Waals surface area contributed by atoms with Gasteiger partial charge in [0.2, 0.25) is 5.78 Å². The van der Waals surface area contributed by atoms with Crippen LogP contribution in [0.1, 0.15) is 94.9 Å². The molecule has 0 aromatic heterocycles. The van der Waals surface area contributed by atoms with E-state index < -0.39 is 40.9 Å². The lowest BCUT2D eigenvalue weighted by molar-refractivity contribution is -0.182. The number of hydrogen-bond donors (Lipinski definition) is 3. The van der Waals surface area contributed by atoms with Gasteiger partial charge < -0.3 is 20.3 Å². The van der Waals surface area contributed by atoms with Crippen LogP contribution in [-0.4, -0.2) is 53.1 Å². The summed E-state index contributed by atoms with van der Waals surface area (Å²) >= 11 is 12.2. The average molecular weight is 723 g/mol. The first kappa shape index (κ1) is 37.0. The van der Waals surface area contributed by atoms with E-state index >= 15 is 0 Å². The van der Waals surface area contributed by atoms with Crippen molar-refractivity contribution >= 4 is 40.7 Å². The molecule has 2 aromatic carbocycles. The number of halogens is 2. The number of carbonyl (C=O) groups excluding carboxylic acids is 3. The first-order chi connectivity index (χ1) is 23.6. The molecule has 9 heteroatoms. The molecule has 0 radical (unpaired) electrons. The van der Waals surface area contributed by atoms with Gasteiger partial charge in [0, 0.05) is 35.6 Å². The fraction of sp³-hybridized carbons (Fsp3) is 0.537. The summed E-state index contributed by atoms with van der Waals surface area (Å²) in [6.07, 6.45) is 8.97. The fourth-order valence-electron chi connectivity index (χ4n) is 10.7. The molecule has 3 fully saturated rings. The summed E-state index contributed by atoms with van der Waals surface area (Å²) < 4.78 is 4.89. The Hall–Kier alpha value is -2.81. The first-order valence-electron chi connectivity index (χ1n) is 17.9. The van der Waals surface area contributed by atoms with Gasteiger partial charge in [0.25, 0.3) is 0 Å². The molecule has 7 nitrogen and oxygen atoms in total. The highest BCUT2D eigenvalue weighted by molar-refractivity contribution is 6.42. The molecule has 0 bridgehead atoms. The molecular formula is C41H49Cl2NO6. The molecule has 50 heavy (non-hydrogen) atoms. The number of hydrogen-bond acceptors (Lipinski definition) is 7. The van der Waals surface area contributed by atoms with Crippen LogP contribution in [0.2, 0.25) is 10.0 Å². The van der Waals surface area contributed by atoms with Gasteiger partial charge in [0.1, 0.15) is 5.60 Å². The van der Waals surface area contributed by atoms with Crippen LogP contribution in [0.4, 0.5) is 0 Å². The predicted octanol–water partition coefficient (Wildman–Crippen LogP) is 7.55. The highest BCUT2D eigenvalue weighted by Crippen LogP contribution is 2.67. The average Bonchev–Trinajstić information content (AvgIpc) is 3.35. The van der Waals surface area contributed by atoms with Gasteiger partial charge in [-0.2, -0.15) is 0 Å². The van der Waals surface area contributed by atoms with E-state index in [0.29, 0.717) is 41.3 Å². The van der Waals surface area contributed by atoms with E-state index in [9.17, 15) is 24.6 Å². The zero-order valence-electron chi connectivity index (χ0n) is 29.5. The summed E-state index contributed by atoms with van der Waals surface area (Å²) in [7, 11) is 2.03. The number of nitrogens with one attached hydrogen (secondary N) is 1. The van der Waals surface area contributed by atoms with Crippen LogP contribution in [0.3, 0.4) is 0 Å². The van der Waals surface area contributed by atoms with Crippen molar-refractivity contribution in [2.75, 3.05) is 13.7 Å². The number of Topliss-reactive ketones (excluding diaryl/α,β-unsaturated/α-hetero) is 1. The van der Waals surface area contributed by atoms with Crippen molar-refractivity contribution in [3.8, 4) is 0 Å². The number of esters is 1. The number of carbonyl (C=O) groups is 3. The molecule has 5 aliphatic rings. The molecule has 0 spiro atoms. The zero-order chi connectivity index (χ0) is 36.2. The third kappa shape index (κ3) is 6.21. The van der Waals surface area contributed by atoms with Crippen LogP contribution in [-0.2, 0) is 19.1 Å². The van der Waals surface area contributed by atoms with Gasteiger partial charge in [-0.15, -0.1) is 0 Å². The highest BCUT2D eigenvalue weighted by atomic mass is 35.5. The zero-order valence-corrected chi connectivity index (χ0v) is 31.1. The highest BCUT2D eigenvalue weighted by Gasteiger charge is 2.68. The number of benzene rings is 2. The Kier molecular flexibility index (Phi) is 10.3. The van der Waals surface area contributed by atoms with Crippen molar-refractivity contribution in [1.82, 2.24) is 5.32 Å². The van der Waals surface area contributed by atoms with Crippen LogP contribution < -0.4 is 5.32 Å². The van der Waals surface area contributed by atoms with E-state index in [1.165, 1.54) is 23.6 Å². The van der Waals surface area contributed by atoms with E-state index in [0.717, 1.165) is 24.8 Å². The smallest absolute Gasteiger partial charge is 0.303 e. The van der Waals surface area contributed by atoms with Crippen LogP contribution in [0.5, 0.6) is 0 Å². The van der Waals surface area contributed by atoms with Crippen molar-refractivity contribution < 1.29 is 29.3 Å². The molecule has 0 saturated heterocycles. The second kappa shape index (κ2) is 14.0. The lowest BCUT2D eigenvalue weighted by atomic mass is 9.45. The van der Waals surface area contributed by atoms with Crippen molar-refractivity contribution in [2.45, 2.75) is 89.9 Å². The van der Waals surface area contributed by atoms with E-state index in [1.54, 1.807) is 12.2 Å². The van der Waals surface area contributed by atoms with Gasteiger partial charge in [-0.1, -0.05) is 86.0 Å². The first-order valence-corrected chi connectivity index (χ1v) is 18.6. The van der Waals surface area contributed by atoms with Gasteiger partial charge >= 0.3 is 5.97 Å². The van der Waals surface area contributed by atoms with E-state index in [2.05, 4.69) is 49.5 Å². The second-order valence-electron chi connectivity index (χ2n) is 15.6. The lowest BCUT2D eigenvalue weighted by Gasteiger charge is -2.60.